The first kappa shape index (κ1) is 11.3. The third-order valence-corrected chi connectivity index (χ3v) is 5.99. The van der Waals surface area contributed by atoms with Crippen molar-refractivity contribution in [2.24, 2.45) is 23.2 Å². The molecular formula is C14H26OSi. The minimum Gasteiger partial charge on any atom is -0.417 e. The van der Waals surface area contributed by atoms with Gasteiger partial charge in [0.2, 0.25) is 0 Å². The molecule has 4 fully saturated rings. The van der Waals surface area contributed by atoms with Gasteiger partial charge in [-0.05, 0) is 81.3 Å². The molecule has 4 bridgehead atoms. The van der Waals surface area contributed by atoms with E-state index in [4.69, 9.17) is 4.43 Å². The van der Waals surface area contributed by atoms with Crippen LogP contribution in [0.1, 0.15) is 38.5 Å². The van der Waals surface area contributed by atoms with Crippen molar-refractivity contribution in [1.29, 1.82) is 0 Å². The van der Waals surface area contributed by atoms with E-state index in [-0.39, 0.29) is 0 Å². The SMILES string of the molecule is C[Si](C)(C)OCC12CC3CC(CC(C3)C1)C2. The van der Waals surface area contributed by atoms with Crippen molar-refractivity contribution in [3.63, 3.8) is 0 Å². The molecule has 0 heterocycles. The molecule has 92 valence electrons. The van der Waals surface area contributed by atoms with Crippen molar-refractivity contribution < 1.29 is 4.43 Å². The smallest absolute Gasteiger partial charge is 0.183 e. The highest BCUT2D eigenvalue weighted by Gasteiger charge is 2.51. The zero-order valence-corrected chi connectivity index (χ0v) is 12.1. The molecule has 0 aromatic heterocycles. The fourth-order valence-electron chi connectivity index (χ4n) is 4.84. The Morgan fingerprint density at radius 2 is 1.38 bits per heavy atom. The highest BCUT2D eigenvalue weighted by molar-refractivity contribution is 6.69. The Morgan fingerprint density at radius 3 is 1.75 bits per heavy atom. The molecule has 0 N–H and O–H groups in total. The van der Waals surface area contributed by atoms with Gasteiger partial charge >= 0.3 is 0 Å². The summed E-state index contributed by atoms with van der Waals surface area (Å²) >= 11 is 0. The second-order valence-electron chi connectivity index (χ2n) is 7.82. The zero-order chi connectivity index (χ0) is 11.4. The molecule has 4 aliphatic rings. The fraction of sp³-hybridized carbons (Fsp3) is 1.00. The summed E-state index contributed by atoms with van der Waals surface area (Å²) < 4.78 is 6.25. The number of rotatable bonds is 3. The first-order chi connectivity index (χ1) is 7.44. The molecule has 4 saturated carbocycles. The van der Waals surface area contributed by atoms with Gasteiger partial charge in [-0.1, -0.05) is 0 Å². The highest BCUT2D eigenvalue weighted by Crippen LogP contribution is 2.60. The minimum atomic E-state index is -1.31. The van der Waals surface area contributed by atoms with Crippen LogP contribution in [-0.2, 0) is 4.43 Å². The monoisotopic (exact) mass is 238 g/mol. The van der Waals surface area contributed by atoms with Crippen molar-refractivity contribution in [3.05, 3.63) is 0 Å². The third kappa shape index (κ3) is 2.11. The molecule has 0 radical (unpaired) electrons. The van der Waals surface area contributed by atoms with Crippen molar-refractivity contribution >= 4 is 8.32 Å². The van der Waals surface area contributed by atoms with Gasteiger partial charge in [0, 0.05) is 6.61 Å². The van der Waals surface area contributed by atoms with Crippen molar-refractivity contribution in [3.8, 4) is 0 Å². The lowest BCUT2D eigenvalue weighted by atomic mass is 9.50. The van der Waals surface area contributed by atoms with Crippen molar-refractivity contribution in [2.75, 3.05) is 6.61 Å². The number of hydrogen-bond donors (Lipinski definition) is 0. The second-order valence-corrected chi connectivity index (χ2v) is 12.3. The molecular weight excluding hydrogens is 212 g/mol. The summed E-state index contributed by atoms with van der Waals surface area (Å²) in [5.74, 6) is 3.20. The number of hydrogen-bond acceptors (Lipinski definition) is 1. The molecule has 0 aromatic rings. The van der Waals surface area contributed by atoms with Gasteiger partial charge in [-0.3, -0.25) is 0 Å². The summed E-state index contributed by atoms with van der Waals surface area (Å²) in [6.07, 6.45) is 9.11. The molecule has 0 aliphatic heterocycles. The van der Waals surface area contributed by atoms with E-state index in [9.17, 15) is 0 Å². The van der Waals surface area contributed by atoms with Crippen molar-refractivity contribution in [2.45, 2.75) is 58.2 Å². The zero-order valence-electron chi connectivity index (χ0n) is 11.1. The molecule has 0 aromatic carbocycles. The average Bonchev–Trinajstić information content (AvgIpc) is 2.11. The van der Waals surface area contributed by atoms with Crippen LogP contribution in [-0.4, -0.2) is 14.9 Å². The van der Waals surface area contributed by atoms with E-state index in [0.717, 1.165) is 24.4 Å². The van der Waals surface area contributed by atoms with E-state index < -0.39 is 8.32 Å². The maximum Gasteiger partial charge on any atom is 0.183 e. The third-order valence-electron chi connectivity index (χ3n) is 4.98. The standard InChI is InChI=1S/C14H26OSi/c1-16(2,3)15-10-14-7-11-4-12(8-14)6-13(5-11)9-14/h11-13H,4-10H2,1-3H3. The second kappa shape index (κ2) is 3.58. The first-order valence-corrected chi connectivity index (χ1v) is 10.5. The molecule has 0 saturated heterocycles. The van der Waals surface area contributed by atoms with Crippen LogP contribution >= 0.6 is 0 Å². The lowest BCUT2D eigenvalue weighted by Crippen LogP contribution is -2.49. The van der Waals surface area contributed by atoms with E-state index in [1.165, 1.54) is 19.3 Å². The van der Waals surface area contributed by atoms with Crippen LogP contribution in [0.15, 0.2) is 0 Å². The van der Waals surface area contributed by atoms with Gasteiger partial charge in [0.1, 0.15) is 0 Å². The van der Waals surface area contributed by atoms with E-state index in [2.05, 4.69) is 19.6 Å². The molecule has 0 atom stereocenters. The van der Waals surface area contributed by atoms with Crippen LogP contribution in [0.4, 0.5) is 0 Å². The van der Waals surface area contributed by atoms with Gasteiger partial charge in [0.25, 0.3) is 0 Å². The van der Waals surface area contributed by atoms with Crippen LogP contribution in [0.3, 0.4) is 0 Å². The van der Waals surface area contributed by atoms with Crippen LogP contribution in [0.5, 0.6) is 0 Å². The van der Waals surface area contributed by atoms with Gasteiger partial charge in [0.05, 0.1) is 0 Å². The summed E-state index contributed by atoms with van der Waals surface area (Å²) in [5.41, 5.74) is 0.620. The van der Waals surface area contributed by atoms with Crippen molar-refractivity contribution in [1.82, 2.24) is 0 Å². The van der Waals surface area contributed by atoms with Crippen LogP contribution in [0, 0.1) is 23.2 Å². The lowest BCUT2D eigenvalue weighted by molar-refractivity contribution is -0.0760. The Hall–Kier alpha value is 0.177. The normalized spacial score (nSPS) is 46.3. The topological polar surface area (TPSA) is 9.23 Å². The summed E-state index contributed by atoms with van der Waals surface area (Å²) in [4.78, 5) is 0. The maximum atomic E-state index is 6.25. The Labute approximate surface area is 101 Å². The largest absolute Gasteiger partial charge is 0.417 e. The van der Waals surface area contributed by atoms with Crippen LogP contribution in [0.2, 0.25) is 19.6 Å². The minimum absolute atomic E-state index is 0.620. The first-order valence-electron chi connectivity index (χ1n) is 7.08. The van der Waals surface area contributed by atoms with Gasteiger partial charge in [-0.25, -0.2) is 0 Å². The van der Waals surface area contributed by atoms with Gasteiger partial charge in [-0.2, -0.15) is 0 Å². The Morgan fingerprint density at radius 1 is 0.938 bits per heavy atom. The van der Waals surface area contributed by atoms with Gasteiger partial charge in [-0.15, -0.1) is 0 Å². The fourth-order valence-corrected chi connectivity index (χ4v) is 5.58. The van der Waals surface area contributed by atoms with Gasteiger partial charge < -0.3 is 4.43 Å². The van der Waals surface area contributed by atoms with Crippen LogP contribution in [0.25, 0.3) is 0 Å². The highest BCUT2D eigenvalue weighted by atomic mass is 28.4. The summed E-state index contributed by atoms with van der Waals surface area (Å²) in [5, 5.41) is 0. The van der Waals surface area contributed by atoms with E-state index in [0.29, 0.717) is 5.41 Å². The molecule has 4 aliphatic carbocycles. The summed E-state index contributed by atoms with van der Waals surface area (Å²) in [6, 6.07) is 0. The molecule has 0 spiro atoms. The molecule has 0 amide bonds. The quantitative estimate of drug-likeness (QED) is 0.674. The summed E-state index contributed by atoms with van der Waals surface area (Å²) in [6.45, 7) is 8.07. The Balaban J connectivity index is 1.69. The maximum absolute atomic E-state index is 6.25. The molecule has 16 heavy (non-hydrogen) atoms. The van der Waals surface area contributed by atoms with E-state index in [1.807, 2.05) is 0 Å². The summed E-state index contributed by atoms with van der Waals surface area (Å²) in [7, 11) is -1.31. The molecule has 1 nitrogen and oxygen atoms in total. The predicted octanol–water partition coefficient (Wildman–Crippen LogP) is 4.05. The van der Waals surface area contributed by atoms with E-state index >= 15 is 0 Å². The van der Waals surface area contributed by atoms with Gasteiger partial charge in [0.15, 0.2) is 8.32 Å². The Kier molecular flexibility index (Phi) is 2.53. The molecule has 2 heteroatoms. The van der Waals surface area contributed by atoms with E-state index in [1.54, 1.807) is 19.3 Å². The predicted molar refractivity (Wildman–Crippen MR) is 69.9 cm³/mol. The lowest BCUT2D eigenvalue weighted by Gasteiger charge is -2.57. The molecule has 4 rings (SSSR count). The van der Waals surface area contributed by atoms with Crippen LogP contribution < -0.4 is 0 Å². The Bertz CT molecular complexity index is 244. The average molecular weight is 238 g/mol. The molecule has 0 unspecified atom stereocenters.